The van der Waals surface area contributed by atoms with E-state index in [4.69, 9.17) is 0 Å². The van der Waals surface area contributed by atoms with Crippen LogP contribution in [0, 0.1) is 11.6 Å². The summed E-state index contributed by atoms with van der Waals surface area (Å²) in [6.07, 6.45) is 4.36. The molecule has 2 aliphatic heterocycles. The summed E-state index contributed by atoms with van der Waals surface area (Å²) >= 11 is 3.06. The van der Waals surface area contributed by atoms with Crippen molar-refractivity contribution in [3.05, 3.63) is 57.3 Å². The van der Waals surface area contributed by atoms with Gasteiger partial charge in [0.05, 0.1) is 6.04 Å². The first-order valence-electron chi connectivity index (χ1n) is 9.46. The number of fused-ring (bicyclic) bond motifs is 2. The molecule has 0 radical (unpaired) electrons. The summed E-state index contributed by atoms with van der Waals surface area (Å²) in [4.78, 5) is 13.9. The maximum Gasteiger partial charge on any atom is 0.261 e. The van der Waals surface area contributed by atoms with Crippen molar-refractivity contribution >= 4 is 34.0 Å². The molecule has 0 bridgehead atoms. The van der Waals surface area contributed by atoms with Gasteiger partial charge in [-0.25, -0.2) is 13.8 Å². The van der Waals surface area contributed by atoms with Crippen molar-refractivity contribution in [1.29, 1.82) is 0 Å². The number of carbonyl (C=O) groups excluding carboxylic acids is 1. The summed E-state index contributed by atoms with van der Waals surface area (Å²) in [5.74, 6) is -1.14. The predicted octanol–water partition coefficient (Wildman–Crippen LogP) is 4.20. The van der Waals surface area contributed by atoms with Crippen LogP contribution in [-0.4, -0.2) is 28.5 Å². The second-order valence-electron chi connectivity index (χ2n) is 7.33. The van der Waals surface area contributed by atoms with E-state index in [-0.39, 0.29) is 17.5 Å². The lowest BCUT2D eigenvalue weighted by atomic mass is 9.92. The Balaban J connectivity index is 1.62. The largest absolute Gasteiger partial charge is 0.306 e. The van der Waals surface area contributed by atoms with Crippen LogP contribution in [0.5, 0.6) is 0 Å². The molecule has 2 aromatic rings. The van der Waals surface area contributed by atoms with Crippen molar-refractivity contribution in [2.75, 3.05) is 6.54 Å². The Morgan fingerprint density at radius 1 is 1.29 bits per heavy atom. The van der Waals surface area contributed by atoms with Gasteiger partial charge in [-0.3, -0.25) is 4.79 Å². The number of hydrogen-bond acceptors (Lipinski definition) is 5. The molecule has 146 valence electrons. The number of thioether (sulfide) groups is 1. The monoisotopic (exact) mass is 419 g/mol. The zero-order chi connectivity index (χ0) is 19.3. The topological polar surface area (TPSA) is 44.7 Å². The van der Waals surface area contributed by atoms with Gasteiger partial charge in [-0.1, -0.05) is 11.8 Å². The standard InChI is InChI=1S/C20H19F2N3OS2/c21-12-5-6-15(22)13(11-12)18-24-25(19(26)16-3-2-9-23-16)20(28-18)8-1-4-17-14(20)7-10-27-17/h5-7,10-11,16,23H,1-4,8-9H2. The average molecular weight is 420 g/mol. The average Bonchev–Trinajstić information content (AvgIpc) is 3.43. The highest BCUT2D eigenvalue weighted by molar-refractivity contribution is 8.15. The van der Waals surface area contributed by atoms with E-state index in [1.165, 1.54) is 16.6 Å². The van der Waals surface area contributed by atoms with Gasteiger partial charge in [-0.15, -0.1) is 11.3 Å². The third kappa shape index (κ3) is 2.81. The Kier molecular flexibility index (Phi) is 4.52. The second-order valence-corrected chi connectivity index (χ2v) is 9.59. The molecule has 1 saturated heterocycles. The number of aryl methyl sites for hydroxylation is 1. The molecule has 1 fully saturated rings. The third-order valence-corrected chi connectivity index (χ3v) is 8.02. The number of amides is 1. The van der Waals surface area contributed by atoms with Gasteiger partial charge in [0.15, 0.2) is 0 Å². The molecule has 1 aromatic carbocycles. The molecule has 1 aliphatic carbocycles. The summed E-state index contributed by atoms with van der Waals surface area (Å²) in [6, 6.07) is 5.14. The van der Waals surface area contributed by atoms with E-state index in [9.17, 15) is 13.6 Å². The fourth-order valence-electron chi connectivity index (χ4n) is 4.27. The van der Waals surface area contributed by atoms with Crippen molar-refractivity contribution in [3.63, 3.8) is 0 Å². The van der Waals surface area contributed by atoms with Gasteiger partial charge in [-0.05, 0) is 68.3 Å². The van der Waals surface area contributed by atoms with Gasteiger partial charge in [0.1, 0.15) is 21.5 Å². The van der Waals surface area contributed by atoms with Crippen LogP contribution in [0.1, 0.15) is 41.7 Å². The minimum Gasteiger partial charge on any atom is -0.306 e. The van der Waals surface area contributed by atoms with Crippen LogP contribution in [-0.2, 0) is 16.1 Å². The zero-order valence-corrected chi connectivity index (χ0v) is 16.7. The number of thiophene rings is 1. The SMILES string of the molecule is O=C(C1CCCN1)N1N=C(c2cc(F)ccc2F)SC12CCCc1sccc12. The van der Waals surface area contributed by atoms with Crippen LogP contribution in [0.25, 0.3) is 0 Å². The Morgan fingerprint density at radius 3 is 3.00 bits per heavy atom. The summed E-state index contributed by atoms with van der Waals surface area (Å²) in [6.45, 7) is 0.809. The second kappa shape index (κ2) is 6.93. The predicted molar refractivity (Wildman–Crippen MR) is 107 cm³/mol. The number of rotatable bonds is 2. The number of nitrogens with zero attached hydrogens (tertiary/aromatic N) is 2. The van der Waals surface area contributed by atoms with Crippen LogP contribution in [0.4, 0.5) is 8.78 Å². The lowest BCUT2D eigenvalue weighted by Gasteiger charge is -2.39. The number of hydrazone groups is 1. The normalized spacial score (nSPS) is 26.6. The number of hydrogen-bond donors (Lipinski definition) is 1. The molecule has 1 aromatic heterocycles. The molecule has 3 aliphatic rings. The van der Waals surface area contributed by atoms with Crippen LogP contribution in [0.3, 0.4) is 0 Å². The molecule has 3 heterocycles. The van der Waals surface area contributed by atoms with E-state index in [2.05, 4.69) is 16.5 Å². The number of nitrogens with one attached hydrogen (secondary N) is 1. The zero-order valence-electron chi connectivity index (χ0n) is 15.1. The highest BCUT2D eigenvalue weighted by atomic mass is 32.2. The van der Waals surface area contributed by atoms with E-state index in [1.807, 2.05) is 5.38 Å². The molecule has 1 spiro atoms. The molecular formula is C20H19F2N3OS2. The molecule has 5 rings (SSSR count). The van der Waals surface area contributed by atoms with Gasteiger partial charge in [0, 0.05) is 16.0 Å². The first kappa shape index (κ1) is 18.3. The molecule has 1 amide bonds. The van der Waals surface area contributed by atoms with Gasteiger partial charge in [-0.2, -0.15) is 5.10 Å². The molecule has 4 nitrogen and oxygen atoms in total. The third-order valence-electron chi connectivity index (χ3n) is 5.61. The molecule has 0 saturated carbocycles. The van der Waals surface area contributed by atoms with Crippen molar-refractivity contribution < 1.29 is 13.6 Å². The van der Waals surface area contributed by atoms with E-state index in [1.54, 1.807) is 16.3 Å². The Morgan fingerprint density at radius 2 is 2.18 bits per heavy atom. The van der Waals surface area contributed by atoms with E-state index < -0.39 is 16.5 Å². The highest BCUT2D eigenvalue weighted by Gasteiger charge is 2.52. The van der Waals surface area contributed by atoms with Crippen molar-refractivity contribution in [3.8, 4) is 0 Å². The first-order chi connectivity index (χ1) is 13.6. The number of carbonyl (C=O) groups is 1. The van der Waals surface area contributed by atoms with Crippen LogP contribution in [0.2, 0.25) is 0 Å². The fourth-order valence-corrected chi connectivity index (χ4v) is 6.80. The lowest BCUT2D eigenvalue weighted by molar-refractivity contribution is -0.136. The van der Waals surface area contributed by atoms with E-state index in [0.717, 1.165) is 62.4 Å². The summed E-state index contributed by atoms with van der Waals surface area (Å²) in [5, 5.41) is 11.8. The number of benzene rings is 1. The Hall–Kier alpha value is -1.77. The van der Waals surface area contributed by atoms with Crippen LogP contribution < -0.4 is 5.32 Å². The maximum atomic E-state index is 14.5. The smallest absolute Gasteiger partial charge is 0.261 e. The van der Waals surface area contributed by atoms with Gasteiger partial charge >= 0.3 is 0 Å². The minimum atomic E-state index is -0.678. The maximum absolute atomic E-state index is 14.5. The van der Waals surface area contributed by atoms with Crippen molar-refractivity contribution in [2.24, 2.45) is 5.10 Å². The molecule has 28 heavy (non-hydrogen) atoms. The van der Waals surface area contributed by atoms with Crippen LogP contribution >= 0.6 is 23.1 Å². The quantitative estimate of drug-likeness (QED) is 0.793. The van der Waals surface area contributed by atoms with Crippen LogP contribution in [0.15, 0.2) is 34.7 Å². The summed E-state index contributed by atoms with van der Waals surface area (Å²) in [7, 11) is 0. The highest BCUT2D eigenvalue weighted by Crippen LogP contribution is 2.55. The van der Waals surface area contributed by atoms with E-state index in [0.29, 0.717) is 5.04 Å². The first-order valence-corrected chi connectivity index (χ1v) is 11.2. The number of halogens is 2. The molecule has 1 N–H and O–H groups in total. The Bertz CT molecular complexity index is 970. The summed E-state index contributed by atoms with van der Waals surface area (Å²) < 4.78 is 28.3. The summed E-state index contributed by atoms with van der Waals surface area (Å²) in [5.41, 5.74) is 1.19. The minimum absolute atomic E-state index is 0.0872. The molecule has 2 atom stereocenters. The molecular weight excluding hydrogens is 400 g/mol. The van der Waals surface area contributed by atoms with Gasteiger partial charge < -0.3 is 5.32 Å². The lowest BCUT2D eigenvalue weighted by Crippen LogP contribution is -2.49. The van der Waals surface area contributed by atoms with E-state index >= 15 is 0 Å². The van der Waals surface area contributed by atoms with Crippen molar-refractivity contribution in [1.82, 2.24) is 10.3 Å². The van der Waals surface area contributed by atoms with Crippen molar-refractivity contribution in [2.45, 2.75) is 43.0 Å². The Labute approximate surface area is 170 Å². The van der Waals surface area contributed by atoms with Gasteiger partial charge in [0.2, 0.25) is 0 Å². The molecule has 2 unspecified atom stereocenters. The molecule has 8 heteroatoms. The van der Waals surface area contributed by atoms with Gasteiger partial charge in [0.25, 0.3) is 5.91 Å². The fraction of sp³-hybridized carbons (Fsp3) is 0.400.